The Morgan fingerprint density at radius 1 is 1.27 bits per heavy atom. The average molecular weight is 430 g/mol. The van der Waals surface area contributed by atoms with Crippen molar-refractivity contribution < 1.29 is 19.1 Å². The van der Waals surface area contributed by atoms with Gasteiger partial charge in [0.1, 0.15) is 10.8 Å². The molecule has 30 heavy (non-hydrogen) atoms. The topological polar surface area (TPSA) is 64.6 Å². The standard InChI is InChI=1S/C24H31NO4S/c1-6-29-23(27)21-18-11-10-16(24(2,3)4)14-19(18)30-22(21)25-20(26)13-15-8-7-9-17(12-15)28-5/h7-9,12,16H,6,10-11,13-14H2,1-5H3,(H,25,26)/t16-/m1/s1. The summed E-state index contributed by atoms with van der Waals surface area (Å²) < 4.78 is 10.6. The first kappa shape index (κ1) is 22.3. The fourth-order valence-electron chi connectivity index (χ4n) is 3.97. The van der Waals surface area contributed by atoms with Crippen molar-refractivity contribution in [3.05, 3.63) is 45.8 Å². The fourth-order valence-corrected chi connectivity index (χ4v) is 5.30. The first-order chi connectivity index (χ1) is 14.2. The number of hydrogen-bond acceptors (Lipinski definition) is 5. The molecule has 0 aliphatic heterocycles. The molecule has 1 atom stereocenters. The van der Waals surface area contributed by atoms with E-state index in [2.05, 4.69) is 26.1 Å². The Kier molecular flexibility index (Phi) is 6.86. The maximum Gasteiger partial charge on any atom is 0.341 e. The number of nitrogens with one attached hydrogen (secondary N) is 1. The van der Waals surface area contributed by atoms with Crippen molar-refractivity contribution in [3.8, 4) is 5.75 Å². The molecular formula is C24H31NO4S. The third-order valence-corrected chi connectivity index (χ3v) is 6.89. The molecular weight excluding hydrogens is 398 g/mol. The molecule has 1 aromatic heterocycles. The van der Waals surface area contributed by atoms with Crippen molar-refractivity contribution in [1.82, 2.24) is 0 Å². The molecule has 0 fully saturated rings. The lowest BCUT2D eigenvalue weighted by Gasteiger charge is -2.33. The number of esters is 1. The van der Waals surface area contributed by atoms with Gasteiger partial charge in [-0.15, -0.1) is 11.3 Å². The van der Waals surface area contributed by atoms with Crippen LogP contribution in [0.25, 0.3) is 0 Å². The minimum absolute atomic E-state index is 0.153. The van der Waals surface area contributed by atoms with Crippen molar-refractivity contribution in [1.29, 1.82) is 0 Å². The zero-order valence-corrected chi connectivity index (χ0v) is 19.3. The third kappa shape index (κ3) is 5.04. The fraction of sp³-hybridized carbons (Fsp3) is 0.500. The highest BCUT2D eigenvalue weighted by Gasteiger charge is 2.34. The molecule has 0 spiro atoms. The van der Waals surface area contributed by atoms with Crippen LogP contribution in [0.2, 0.25) is 0 Å². The largest absolute Gasteiger partial charge is 0.497 e. The number of ether oxygens (including phenoxy) is 2. The molecule has 1 aromatic carbocycles. The normalized spacial score (nSPS) is 16.0. The summed E-state index contributed by atoms with van der Waals surface area (Å²) in [6, 6.07) is 7.45. The molecule has 1 aliphatic carbocycles. The van der Waals surface area contributed by atoms with Crippen molar-refractivity contribution in [2.45, 2.75) is 53.4 Å². The number of methoxy groups -OCH3 is 1. The van der Waals surface area contributed by atoms with Gasteiger partial charge in [0, 0.05) is 4.88 Å². The van der Waals surface area contributed by atoms with Crippen LogP contribution in [0.3, 0.4) is 0 Å². The number of benzene rings is 1. The lowest BCUT2D eigenvalue weighted by atomic mass is 9.72. The van der Waals surface area contributed by atoms with Gasteiger partial charge in [0.25, 0.3) is 0 Å². The van der Waals surface area contributed by atoms with Crippen molar-refractivity contribution in [3.63, 3.8) is 0 Å². The molecule has 1 aliphatic rings. The van der Waals surface area contributed by atoms with Gasteiger partial charge in [-0.25, -0.2) is 4.79 Å². The van der Waals surface area contributed by atoms with E-state index < -0.39 is 0 Å². The molecule has 2 aromatic rings. The smallest absolute Gasteiger partial charge is 0.341 e. The van der Waals surface area contributed by atoms with E-state index in [-0.39, 0.29) is 23.7 Å². The van der Waals surface area contributed by atoms with Crippen LogP contribution in [-0.2, 0) is 28.8 Å². The second-order valence-corrected chi connectivity index (χ2v) is 9.92. The maximum atomic E-state index is 12.8. The minimum Gasteiger partial charge on any atom is -0.497 e. The molecule has 0 saturated carbocycles. The Balaban J connectivity index is 1.85. The second kappa shape index (κ2) is 9.21. The van der Waals surface area contributed by atoms with E-state index in [1.54, 1.807) is 14.0 Å². The highest BCUT2D eigenvalue weighted by molar-refractivity contribution is 7.17. The summed E-state index contributed by atoms with van der Waals surface area (Å²) in [5.41, 5.74) is 2.67. The van der Waals surface area contributed by atoms with Crippen molar-refractivity contribution in [2.75, 3.05) is 19.0 Å². The highest BCUT2D eigenvalue weighted by Crippen LogP contribution is 2.44. The zero-order valence-electron chi connectivity index (χ0n) is 18.5. The van der Waals surface area contributed by atoms with Gasteiger partial charge in [0.05, 0.1) is 25.7 Å². The van der Waals surface area contributed by atoms with Gasteiger partial charge in [-0.1, -0.05) is 32.9 Å². The van der Waals surface area contributed by atoms with Crippen LogP contribution in [-0.4, -0.2) is 25.6 Å². The summed E-state index contributed by atoms with van der Waals surface area (Å²) in [5, 5.41) is 3.60. The zero-order chi connectivity index (χ0) is 21.9. The summed E-state index contributed by atoms with van der Waals surface area (Å²) in [4.78, 5) is 26.7. The molecule has 5 nitrogen and oxygen atoms in total. The van der Waals surface area contributed by atoms with Gasteiger partial charge >= 0.3 is 5.97 Å². The van der Waals surface area contributed by atoms with Crippen LogP contribution in [0.4, 0.5) is 5.00 Å². The molecule has 6 heteroatoms. The Morgan fingerprint density at radius 3 is 2.70 bits per heavy atom. The SMILES string of the molecule is CCOC(=O)c1c(NC(=O)Cc2cccc(OC)c2)sc2c1CC[C@@H](C(C)(C)C)C2. The number of carbonyl (C=O) groups excluding carboxylic acids is 2. The van der Waals surface area contributed by atoms with E-state index in [1.807, 2.05) is 24.3 Å². The number of fused-ring (bicyclic) bond motifs is 1. The van der Waals surface area contributed by atoms with Crippen molar-refractivity contribution in [2.24, 2.45) is 11.3 Å². The summed E-state index contributed by atoms with van der Waals surface area (Å²) in [7, 11) is 1.60. The molecule has 0 radical (unpaired) electrons. The van der Waals surface area contributed by atoms with E-state index >= 15 is 0 Å². The van der Waals surface area contributed by atoms with Gasteiger partial charge in [-0.2, -0.15) is 0 Å². The first-order valence-electron chi connectivity index (χ1n) is 10.5. The van der Waals surface area contributed by atoms with Crippen LogP contribution in [0.5, 0.6) is 5.75 Å². The van der Waals surface area contributed by atoms with E-state index in [0.29, 0.717) is 28.8 Å². The van der Waals surface area contributed by atoms with Crippen molar-refractivity contribution >= 4 is 28.2 Å². The van der Waals surface area contributed by atoms with Gasteiger partial charge in [0.15, 0.2) is 0 Å². The summed E-state index contributed by atoms with van der Waals surface area (Å²) in [6.45, 7) is 8.90. The predicted octanol–water partition coefficient (Wildman–Crippen LogP) is 5.27. The van der Waals surface area contributed by atoms with Crippen LogP contribution in [0.1, 0.15) is 60.5 Å². The Bertz CT molecular complexity index is 926. The number of thiophene rings is 1. The number of rotatable bonds is 6. The van der Waals surface area contributed by atoms with Gasteiger partial charge < -0.3 is 14.8 Å². The number of amides is 1. The molecule has 0 bridgehead atoms. The lowest BCUT2D eigenvalue weighted by molar-refractivity contribution is -0.115. The summed E-state index contributed by atoms with van der Waals surface area (Å²) in [5.74, 6) is 0.770. The van der Waals surface area contributed by atoms with Gasteiger partial charge in [0.2, 0.25) is 5.91 Å². The van der Waals surface area contributed by atoms with Crippen LogP contribution < -0.4 is 10.1 Å². The molecule has 0 saturated heterocycles. The summed E-state index contributed by atoms with van der Waals surface area (Å²) in [6.07, 6.45) is 3.03. The minimum atomic E-state index is -0.346. The monoisotopic (exact) mass is 429 g/mol. The number of carbonyl (C=O) groups is 2. The van der Waals surface area contributed by atoms with Gasteiger partial charge in [-0.3, -0.25) is 4.79 Å². The maximum absolute atomic E-state index is 12.8. The quantitative estimate of drug-likeness (QED) is 0.636. The molecule has 162 valence electrons. The Morgan fingerprint density at radius 2 is 2.03 bits per heavy atom. The molecule has 0 unspecified atom stereocenters. The van der Waals surface area contributed by atoms with Crippen LogP contribution in [0.15, 0.2) is 24.3 Å². The molecule has 1 amide bonds. The first-order valence-corrected chi connectivity index (χ1v) is 11.3. The molecule has 3 rings (SSSR count). The Labute approximate surface area is 182 Å². The summed E-state index contributed by atoms with van der Waals surface area (Å²) >= 11 is 1.53. The van der Waals surface area contributed by atoms with Crippen LogP contribution >= 0.6 is 11.3 Å². The van der Waals surface area contributed by atoms with E-state index in [1.165, 1.54) is 16.2 Å². The number of anilines is 1. The second-order valence-electron chi connectivity index (χ2n) is 8.81. The third-order valence-electron chi connectivity index (χ3n) is 5.72. The van der Waals surface area contributed by atoms with Crippen LogP contribution in [0, 0.1) is 11.3 Å². The molecule has 1 heterocycles. The van der Waals surface area contributed by atoms with E-state index in [9.17, 15) is 9.59 Å². The van der Waals surface area contributed by atoms with E-state index in [4.69, 9.17) is 9.47 Å². The predicted molar refractivity (Wildman–Crippen MR) is 121 cm³/mol. The molecule has 1 N–H and O–H groups in total. The highest BCUT2D eigenvalue weighted by atomic mass is 32.1. The Hall–Kier alpha value is -2.34. The lowest BCUT2D eigenvalue weighted by Crippen LogP contribution is -2.26. The van der Waals surface area contributed by atoms with Gasteiger partial charge in [-0.05, 0) is 60.8 Å². The van der Waals surface area contributed by atoms with E-state index in [0.717, 1.165) is 30.4 Å². The number of hydrogen-bond donors (Lipinski definition) is 1. The average Bonchev–Trinajstić information content (AvgIpc) is 3.04.